The number of carbonyl (C=O) groups is 3. The Labute approximate surface area is 124 Å². The molecule has 1 aliphatic rings. The fraction of sp³-hybridized carbons (Fsp3) is 0.769. The summed E-state index contributed by atoms with van der Waals surface area (Å²) in [5.41, 5.74) is 0. The lowest BCUT2D eigenvalue weighted by Crippen LogP contribution is -2.43. The van der Waals surface area contributed by atoms with E-state index in [0.29, 0.717) is 32.6 Å². The van der Waals surface area contributed by atoms with Gasteiger partial charge >= 0.3 is 18.0 Å². The summed E-state index contributed by atoms with van der Waals surface area (Å²) in [6.45, 7) is 2.00. The molecule has 1 atom stereocenters. The van der Waals surface area contributed by atoms with Gasteiger partial charge in [-0.15, -0.1) is 0 Å². The Bertz CT molecular complexity index is 386. The number of aliphatic carboxylic acids is 1. The Morgan fingerprint density at radius 2 is 1.90 bits per heavy atom. The second-order valence-corrected chi connectivity index (χ2v) is 5.39. The van der Waals surface area contributed by atoms with Gasteiger partial charge in [-0.1, -0.05) is 0 Å². The number of hydrogen-bond acceptors (Lipinski definition) is 3. The van der Waals surface area contributed by atoms with Gasteiger partial charge in [0, 0.05) is 46.7 Å². The van der Waals surface area contributed by atoms with E-state index in [1.54, 1.807) is 19.0 Å². The minimum atomic E-state index is -0.797. The minimum absolute atomic E-state index is 0.149. The molecule has 1 unspecified atom stereocenters. The summed E-state index contributed by atoms with van der Waals surface area (Å²) in [6.07, 6.45) is 1.60. The van der Waals surface area contributed by atoms with E-state index in [4.69, 9.17) is 5.11 Å². The number of carbonyl (C=O) groups excluding carboxylic acids is 2. The van der Waals surface area contributed by atoms with Crippen LogP contribution in [0.15, 0.2) is 0 Å². The third-order valence-corrected chi connectivity index (χ3v) is 3.42. The average Bonchev–Trinajstić information content (AvgIpc) is 2.89. The van der Waals surface area contributed by atoms with Gasteiger partial charge in [0.05, 0.1) is 0 Å². The molecule has 0 aromatic heterocycles. The van der Waals surface area contributed by atoms with Crippen molar-refractivity contribution in [3.05, 3.63) is 0 Å². The van der Waals surface area contributed by atoms with Crippen LogP contribution in [0.5, 0.6) is 0 Å². The molecule has 1 rings (SSSR count). The summed E-state index contributed by atoms with van der Waals surface area (Å²) in [4.78, 5) is 36.8. The second kappa shape index (κ2) is 8.33. The molecule has 0 aromatic carbocycles. The molecule has 0 aliphatic carbocycles. The third-order valence-electron chi connectivity index (χ3n) is 3.42. The molecular weight excluding hydrogens is 276 g/mol. The fourth-order valence-corrected chi connectivity index (χ4v) is 2.19. The van der Waals surface area contributed by atoms with Gasteiger partial charge in [0.1, 0.15) is 0 Å². The van der Waals surface area contributed by atoms with Crippen LogP contribution in [0.25, 0.3) is 0 Å². The molecule has 0 bridgehead atoms. The topological polar surface area (TPSA) is 102 Å². The first-order valence-corrected chi connectivity index (χ1v) is 7.10. The van der Waals surface area contributed by atoms with Crippen molar-refractivity contribution in [2.45, 2.75) is 19.3 Å². The number of nitrogens with one attached hydrogen (secondary N) is 2. The van der Waals surface area contributed by atoms with E-state index >= 15 is 0 Å². The number of urea groups is 2. The highest BCUT2D eigenvalue weighted by atomic mass is 16.4. The molecule has 1 fully saturated rings. The van der Waals surface area contributed by atoms with Crippen LogP contribution in [0.1, 0.15) is 19.3 Å². The number of nitrogens with zero attached hydrogens (tertiary/aromatic N) is 2. The lowest BCUT2D eigenvalue weighted by Gasteiger charge is -2.18. The zero-order chi connectivity index (χ0) is 15.8. The van der Waals surface area contributed by atoms with Crippen LogP contribution in [0, 0.1) is 5.92 Å². The number of rotatable bonds is 6. The molecule has 4 amide bonds. The lowest BCUT2D eigenvalue weighted by atomic mass is 10.0. The molecule has 0 saturated carbocycles. The van der Waals surface area contributed by atoms with E-state index in [1.165, 1.54) is 4.90 Å². The van der Waals surface area contributed by atoms with Crippen LogP contribution in [-0.4, -0.2) is 73.2 Å². The van der Waals surface area contributed by atoms with Gasteiger partial charge in [0.15, 0.2) is 0 Å². The molecule has 1 heterocycles. The molecule has 1 saturated heterocycles. The van der Waals surface area contributed by atoms with Gasteiger partial charge in [-0.05, 0) is 18.8 Å². The zero-order valence-corrected chi connectivity index (χ0v) is 12.6. The quantitative estimate of drug-likeness (QED) is 0.608. The Morgan fingerprint density at radius 1 is 1.24 bits per heavy atom. The largest absolute Gasteiger partial charge is 0.481 e. The minimum Gasteiger partial charge on any atom is -0.481 e. The smallest absolute Gasteiger partial charge is 0.317 e. The Balaban J connectivity index is 2.16. The third kappa shape index (κ3) is 6.33. The standard InChI is InChI=1S/C13H24N4O4/c1-16(2)12(20)14-6-7-15-13(21)17-8-5-10(9-17)3-4-11(18)19/h10H,3-9H2,1-2H3,(H,14,20)(H,15,21)(H,18,19). The first kappa shape index (κ1) is 17.1. The Kier molecular flexibility index (Phi) is 6.77. The number of hydrogen-bond donors (Lipinski definition) is 3. The van der Waals surface area contributed by atoms with Crippen LogP contribution in [-0.2, 0) is 4.79 Å². The molecule has 1 aliphatic heterocycles. The molecule has 21 heavy (non-hydrogen) atoms. The monoisotopic (exact) mass is 300 g/mol. The Morgan fingerprint density at radius 3 is 2.52 bits per heavy atom. The van der Waals surface area contributed by atoms with Gasteiger partial charge in [-0.2, -0.15) is 0 Å². The van der Waals surface area contributed by atoms with Crippen molar-refractivity contribution in [2.24, 2.45) is 5.92 Å². The van der Waals surface area contributed by atoms with Crippen molar-refractivity contribution in [3.8, 4) is 0 Å². The SMILES string of the molecule is CN(C)C(=O)NCCNC(=O)N1CCC(CCC(=O)O)C1. The summed E-state index contributed by atoms with van der Waals surface area (Å²) < 4.78 is 0. The predicted molar refractivity (Wildman–Crippen MR) is 77.0 cm³/mol. The maximum Gasteiger partial charge on any atom is 0.317 e. The van der Waals surface area contributed by atoms with Gasteiger partial charge in [0.2, 0.25) is 0 Å². The van der Waals surface area contributed by atoms with Gasteiger partial charge in [0.25, 0.3) is 0 Å². The van der Waals surface area contributed by atoms with Crippen LogP contribution in [0.4, 0.5) is 9.59 Å². The average molecular weight is 300 g/mol. The predicted octanol–water partition coefficient (Wildman–Crippen LogP) is 0.154. The van der Waals surface area contributed by atoms with Crippen molar-refractivity contribution in [1.82, 2.24) is 20.4 Å². The van der Waals surface area contributed by atoms with Crippen molar-refractivity contribution >= 4 is 18.0 Å². The number of carboxylic acid groups (broad SMARTS) is 1. The second-order valence-electron chi connectivity index (χ2n) is 5.39. The van der Waals surface area contributed by atoms with E-state index in [9.17, 15) is 14.4 Å². The van der Waals surface area contributed by atoms with Crippen LogP contribution < -0.4 is 10.6 Å². The zero-order valence-electron chi connectivity index (χ0n) is 12.6. The van der Waals surface area contributed by atoms with Crippen molar-refractivity contribution < 1.29 is 19.5 Å². The molecule has 0 aromatic rings. The number of amides is 4. The maximum atomic E-state index is 11.9. The van der Waals surface area contributed by atoms with E-state index in [0.717, 1.165) is 6.42 Å². The van der Waals surface area contributed by atoms with Crippen LogP contribution in [0.3, 0.4) is 0 Å². The normalized spacial score (nSPS) is 17.4. The maximum absolute atomic E-state index is 11.9. The number of likely N-dealkylation sites (tertiary alicyclic amines) is 1. The van der Waals surface area contributed by atoms with E-state index in [-0.39, 0.29) is 24.4 Å². The highest BCUT2D eigenvalue weighted by Crippen LogP contribution is 2.20. The van der Waals surface area contributed by atoms with E-state index in [2.05, 4.69) is 10.6 Å². The molecule has 8 nitrogen and oxygen atoms in total. The van der Waals surface area contributed by atoms with Gasteiger partial charge < -0.3 is 25.5 Å². The molecule has 0 radical (unpaired) electrons. The first-order chi connectivity index (χ1) is 9.90. The van der Waals surface area contributed by atoms with Gasteiger partial charge in [-0.25, -0.2) is 9.59 Å². The summed E-state index contributed by atoms with van der Waals surface area (Å²) >= 11 is 0. The van der Waals surface area contributed by atoms with Crippen molar-refractivity contribution in [3.63, 3.8) is 0 Å². The fourth-order valence-electron chi connectivity index (χ4n) is 2.19. The lowest BCUT2D eigenvalue weighted by molar-refractivity contribution is -0.137. The number of carboxylic acids is 1. The van der Waals surface area contributed by atoms with Crippen molar-refractivity contribution in [2.75, 3.05) is 40.3 Å². The van der Waals surface area contributed by atoms with E-state index in [1.807, 2.05) is 0 Å². The summed E-state index contributed by atoms with van der Waals surface area (Å²) in [5.74, 6) is -0.533. The Hall–Kier alpha value is -1.99. The molecule has 120 valence electrons. The summed E-state index contributed by atoms with van der Waals surface area (Å²) in [7, 11) is 3.30. The van der Waals surface area contributed by atoms with Crippen LogP contribution in [0.2, 0.25) is 0 Å². The highest BCUT2D eigenvalue weighted by molar-refractivity contribution is 5.75. The molecular formula is C13H24N4O4. The summed E-state index contributed by atoms with van der Waals surface area (Å²) in [6, 6.07) is -0.355. The highest BCUT2D eigenvalue weighted by Gasteiger charge is 2.26. The molecule has 0 spiro atoms. The van der Waals surface area contributed by atoms with E-state index < -0.39 is 5.97 Å². The van der Waals surface area contributed by atoms with Gasteiger partial charge in [-0.3, -0.25) is 4.79 Å². The molecule has 8 heteroatoms. The molecule has 3 N–H and O–H groups in total. The summed E-state index contributed by atoms with van der Waals surface area (Å²) in [5, 5.41) is 14.0. The van der Waals surface area contributed by atoms with Crippen LogP contribution >= 0.6 is 0 Å². The van der Waals surface area contributed by atoms with Crippen molar-refractivity contribution in [1.29, 1.82) is 0 Å². The first-order valence-electron chi connectivity index (χ1n) is 7.10.